The molecule has 2 heteroatoms. The maximum absolute atomic E-state index is 9.98. The topological polar surface area (TPSA) is 40.9 Å². The Morgan fingerprint density at radius 2 is 2.00 bits per heavy atom. The standard InChI is InChI=1S/C7H5NO/c8-7-4-2-1-3-6(7)5-9/h1-4,8H/q-1. The third-order valence-electron chi connectivity index (χ3n) is 1.04. The molecule has 0 aliphatic carbocycles. The molecule has 0 aliphatic heterocycles. The molecular weight excluding hydrogens is 114 g/mol. The molecule has 0 aromatic heterocycles. The molecule has 2 nitrogen and oxygen atoms in total. The van der Waals surface area contributed by atoms with Crippen LogP contribution in [0.4, 0.5) is 5.69 Å². The van der Waals surface area contributed by atoms with Crippen molar-refractivity contribution >= 4 is 12.0 Å². The van der Waals surface area contributed by atoms with Crippen molar-refractivity contribution in [1.82, 2.24) is 0 Å². The van der Waals surface area contributed by atoms with Crippen LogP contribution in [0.5, 0.6) is 0 Å². The summed E-state index contributed by atoms with van der Waals surface area (Å²) >= 11 is 0. The van der Waals surface area contributed by atoms with Gasteiger partial charge in [-0.3, -0.25) is 4.79 Å². The highest BCUT2D eigenvalue weighted by Crippen LogP contribution is 2.13. The molecule has 0 heterocycles. The Bertz CT molecular complexity index is 220. The third-order valence-corrected chi connectivity index (χ3v) is 1.04. The minimum atomic E-state index is 0.229. The lowest BCUT2D eigenvalue weighted by Crippen LogP contribution is -1.76. The van der Waals surface area contributed by atoms with Gasteiger partial charge in [-0.2, -0.15) is 0 Å². The van der Waals surface area contributed by atoms with Crippen LogP contribution in [-0.2, 0) is 4.79 Å². The van der Waals surface area contributed by atoms with Gasteiger partial charge in [-0.1, -0.05) is 24.3 Å². The van der Waals surface area contributed by atoms with E-state index in [9.17, 15) is 4.79 Å². The molecule has 9 heavy (non-hydrogen) atoms. The molecular formula is C7H5NO-. The van der Waals surface area contributed by atoms with Gasteiger partial charge in [0, 0.05) is 5.56 Å². The first-order chi connectivity index (χ1) is 4.34. The molecule has 1 aromatic carbocycles. The van der Waals surface area contributed by atoms with Gasteiger partial charge in [0.2, 0.25) is 6.29 Å². The minimum absolute atomic E-state index is 0.229. The molecule has 0 unspecified atom stereocenters. The highest BCUT2D eigenvalue weighted by Gasteiger charge is 1.86. The second kappa shape index (κ2) is 2.31. The van der Waals surface area contributed by atoms with Gasteiger partial charge in [-0.05, 0) is 0 Å². The molecule has 1 N–H and O–H groups in total. The summed E-state index contributed by atoms with van der Waals surface area (Å²) in [5.74, 6) is 0. The van der Waals surface area contributed by atoms with E-state index >= 15 is 0 Å². The fourth-order valence-corrected chi connectivity index (χ4v) is 0.572. The lowest BCUT2D eigenvalue weighted by molar-refractivity contribution is 0.563. The van der Waals surface area contributed by atoms with E-state index in [1.54, 1.807) is 30.6 Å². The average Bonchev–Trinajstić information content (AvgIpc) is 1.89. The second-order valence-electron chi connectivity index (χ2n) is 1.65. The first-order valence-electron chi connectivity index (χ1n) is 2.53. The summed E-state index contributed by atoms with van der Waals surface area (Å²) in [5, 5.41) is 0. The van der Waals surface area contributed by atoms with Crippen molar-refractivity contribution in [3.63, 3.8) is 0 Å². The molecule has 0 bridgehead atoms. The normalized spacial score (nSPS) is 8.89. The lowest BCUT2D eigenvalue weighted by atomic mass is 10.2. The maximum Gasteiger partial charge on any atom is 0.232 e. The number of rotatable bonds is 1. The van der Waals surface area contributed by atoms with Crippen LogP contribution >= 0.6 is 0 Å². The molecule has 0 amide bonds. The summed E-state index contributed by atoms with van der Waals surface area (Å²) in [6, 6.07) is 6.54. The Labute approximate surface area is 53.3 Å². The van der Waals surface area contributed by atoms with Crippen LogP contribution in [-0.4, -0.2) is 6.29 Å². The van der Waals surface area contributed by atoms with Crippen LogP contribution < -0.4 is 0 Å². The summed E-state index contributed by atoms with van der Waals surface area (Å²) in [4.78, 5) is 9.98. The van der Waals surface area contributed by atoms with Gasteiger partial charge in [0.1, 0.15) is 0 Å². The zero-order chi connectivity index (χ0) is 6.69. The van der Waals surface area contributed by atoms with E-state index in [0.717, 1.165) is 0 Å². The second-order valence-corrected chi connectivity index (χ2v) is 1.65. The SMILES string of the molecule is [NH-]c1ccccc1[C]=O. The molecule has 0 saturated heterocycles. The maximum atomic E-state index is 9.98. The molecule has 0 spiro atoms. The van der Waals surface area contributed by atoms with Crippen molar-refractivity contribution in [3.8, 4) is 0 Å². The van der Waals surface area contributed by atoms with Crippen LogP contribution in [0, 0.1) is 0 Å². The molecule has 1 aromatic rings. The zero-order valence-corrected chi connectivity index (χ0v) is 4.72. The zero-order valence-electron chi connectivity index (χ0n) is 4.72. The lowest BCUT2D eigenvalue weighted by Gasteiger charge is -2.02. The molecule has 0 aliphatic rings. The number of hydrogen-bond donors (Lipinski definition) is 0. The average molecular weight is 119 g/mol. The van der Waals surface area contributed by atoms with Gasteiger partial charge < -0.3 is 5.73 Å². The molecule has 0 fully saturated rings. The number of nitrogens with one attached hydrogen (secondary N) is 1. The quantitative estimate of drug-likeness (QED) is 0.555. The van der Waals surface area contributed by atoms with Gasteiger partial charge in [-0.25, -0.2) is 0 Å². The first kappa shape index (κ1) is 5.82. The minimum Gasteiger partial charge on any atom is -0.698 e. The highest BCUT2D eigenvalue weighted by molar-refractivity contribution is 5.84. The van der Waals surface area contributed by atoms with Gasteiger partial charge in [0.25, 0.3) is 0 Å². The Morgan fingerprint density at radius 1 is 1.33 bits per heavy atom. The van der Waals surface area contributed by atoms with Crippen LogP contribution in [0.25, 0.3) is 5.73 Å². The van der Waals surface area contributed by atoms with E-state index in [0.29, 0.717) is 5.56 Å². The van der Waals surface area contributed by atoms with Crippen LogP contribution in [0.2, 0.25) is 0 Å². The number of hydrogen-bond acceptors (Lipinski definition) is 1. The first-order valence-corrected chi connectivity index (χ1v) is 2.53. The Kier molecular flexibility index (Phi) is 1.49. The largest absolute Gasteiger partial charge is 0.698 e. The fourth-order valence-electron chi connectivity index (χ4n) is 0.572. The molecule has 0 saturated carbocycles. The smallest absolute Gasteiger partial charge is 0.232 e. The summed E-state index contributed by atoms with van der Waals surface area (Å²) in [5.41, 5.74) is 7.65. The van der Waals surface area contributed by atoms with Crippen LogP contribution in [0.3, 0.4) is 0 Å². The van der Waals surface area contributed by atoms with Crippen molar-refractivity contribution in [2.75, 3.05) is 0 Å². The van der Waals surface area contributed by atoms with Gasteiger partial charge in [-0.15, -0.1) is 5.69 Å². The van der Waals surface area contributed by atoms with Crippen molar-refractivity contribution in [1.29, 1.82) is 0 Å². The van der Waals surface area contributed by atoms with E-state index in [1.807, 2.05) is 0 Å². The summed E-state index contributed by atoms with van der Waals surface area (Å²) < 4.78 is 0. The predicted octanol–water partition coefficient (Wildman–Crippen LogP) is 1.83. The summed E-state index contributed by atoms with van der Waals surface area (Å²) in [6.07, 6.45) is 1.66. The summed E-state index contributed by atoms with van der Waals surface area (Å²) in [6.45, 7) is 0. The Morgan fingerprint density at radius 3 is 2.44 bits per heavy atom. The van der Waals surface area contributed by atoms with Gasteiger partial charge >= 0.3 is 0 Å². The number of carbonyl (C=O) groups excluding carboxylic acids is 1. The molecule has 1 rings (SSSR count). The monoisotopic (exact) mass is 119 g/mol. The van der Waals surface area contributed by atoms with Crippen LogP contribution in [0.15, 0.2) is 24.3 Å². The molecule has 1 radical (unpaired) electrons. The van der Waals surface area contributed by atoms with Crippen molar-refractivity contribution in [3.05, 3.63) is 35.6 Å². The molecule has 45 valence electrons. The Balaban J connectivity index is 3.15. The Hall–Kier alpha value is -1.31. The summed E-state index contributed by atoms with van der Waals surface area (Å²) in [7, 11) is 0. The van der Waals surface area contributed by atoms with E-state index in [4.69, 9.17) is 5.73 Å². The highest BCUT2D eigenvalue weighted by atomic mass is 16.1. The van der Waals surface area contributed by atoms with Crippen molar-refractivity contribution in [2.24, 2.45) is 0 Å². The van der Waals surface area contributed by atoms with Gasteiger partial charge in [0.05, 0.1) is 0 Å². The van der Waals surface area contributed by atoms with Crippen molar-refractivity contribution < 1.29 is 4.79 Å². The predicted molar refractivity (Wildman–Crippen MR) is 35.2 cm³/mol. The van der Waals surface area contributed by atoms with E-state index in [-0.39, 0.29) is 5.69 Å². The van der Waals surface area contributed by atoms with E-state index < -0.39 is 0 Å². The van der Waals surface area contributed by atoms with E-state index in [1.165, 1.54) is 0 Å². The van der Waals surface area contributed by atoms with E-state index in [2.05, 4.69) is 0 Å². The fraction of sp³-hybridized carbons (Fsp3) is 0. The van der Waals surface area contributed by atoms with Crippen LogP contribution in [0.1, 0.15) is 5.56 Å². The third kappa shape index (κ3) is 1.08. The van der Waals surface area contributed by atoms with Gasteiger partial charge in [0.15, 0.2) is 0 Å². The molecule has 0 atom stereocenters. The van der Waals surface area contributed by atoms with Crippen molar-refractivity contribution in [2.45, 2.75) is 0 Å². The number of benzene rings is 1.